The highest BCUT2D eigenvalue weighted by Gasteiger charge is 2.38. The fourth-order valence-corrected chi connectivity index (χ4v) is 4.28. The lowest BCUT2D eigenvalue weighted by Gasteiger charge is -2.47. The van der Waals surface area contributed by atoms with Gasteiger partial charge in [-0.15, -0.1) is 24.0 Å². The molecule has 0 bridgehead atoms. The molecule has 2 N–H and O–H groups in total. The van der Waals surface area contributed by atoms with E-state index < -0.39 is 0 Å². The van der Waals surface area contributed by atoms with Crippen LogP contribution in [-0.2, 0) is 11.2 Å². The van der Waals surface area contributed by atoms with Gasteiger partial charge >= 0.3 is 0 Å². The summed E-state index contributed by atoms with van der Waals surface area (Å²) in [6, 6.07) is 0. The predicted octanol–water partition coefficient (Wildman–Crippen LogP) is 2.94. The van der Waals surface area contributed by atoms with Crippen LogP contribution in [-0.4, -0.2) is 72.5 Å². The van der Waals surface area contributed by atoms with Gasteiger partial charge in [-0.05, 0) is 19.8 Å². The Hall–Kier alpha value is -0.940. The van der Waals surface area contributed by atoms with Gasteiger partial charge in [-0.25, -0.2) is 0 Å². The largest absolute Gasteiger partial charge is 0.379 e. The van der Waals surface area contributed by atoms with E-state index in [1.54, 1.807) is 0 Å². The van der Waals surface area contributed by atoms with Crippen molar-refractivity contribution in [3.8, 4) is 0 Å². The number of morpholine rings is 1. The van der Waals surface area contributed by atoms with Gasteiger partial charge in [0.2, 0.25) is 5.89 Å². The average molecular weight is 534 g/mol. The summed E-state index contributed by atoms with van der Waals surface area (Å²) in [5.41, 5.74) is 0.184. The maximum atomic E-state index is 5.59. The van der Waals surface area contributed by atoms with Crippen molar-refractivity contribution >= 4 is 29.9 Å². The molecule has 0 radical (unpaired) electrons. The second-order valence-corrected chi connectivity index (χ2v) is 8.46. The Bertz CT molecular complexity index is 639. The number of nitrogens with one attached hydrogen (secondary N) is 2. The molecule has 0 spiro atoms. The molecule has 0 atom stereocenters. The molecule has 1 aliphatic carbocycles. The van der Waals surface area contributed by atoms with Crippen LogP contribution in [0.3, 0.4) is 0 Å². The van der Waals surface area contributed by atoms with Crippen LogP contribution in [0.25, 0.3) is 0 Å². The normalized spacial score (nSPS) is 20.1. The molecule has 9 heteroatoms. The molecule has 1 saturated heterocycles. The van der Waals surface area contributed by atoms with Gasteiger partial charge in [0.1, 0.15) is 0 Å². The highest BCUT2D eigenvalue weighted by atomic mass is 127. The van der Waals surface area contributed by atoms with Gasteiger partial charge in [-0.3, -0.25) is 9.89 Å². The smallest absolute Gasteiger partial charge is 0.228 e. The third kappa shape index (κ3) is 7.05. The maximum absolute atomic E-state index is 5.59. The van der Waals surface area contributed by atoms with Gasteiger partial charge in [0, 0.05) is 44.1 Å². The lowest BCUT2D eigenvalue weighted by Crippen LogP contribution is -2.56. The third-order valence-corrected chi connectivity index (χ3v) is 5.97. The molecule has 1 aromatic heterocycles. The first-order chi connectivity index (χ1) is 14.1. The second kappa shape index (κ2) is 12.8. The SMILES string of the molecule is CCNC(=NCC1(N2CCOCC2)CCCCC1)NCCc1nc(C(C)C)no1.I. The van der Waals surface area contributed by atoms with E-state index in [2.05, 4.69) is 46.4 Å². The summed E-state index contributed by atoms with van der Waals surface area (Å²) >= 11 is 0. The molecule has 0 amide bonds. The zero-order chi connectivity index (χ0) is 20.5. The summed E-state index contributed by atoms with van der Waals surface area (Å²) in [6.45, 7) is 12.4. The summed E-state index contributed by atoms with van der Waals surface area (Å²) < 4.78 is 10.9. The van der Waals surface area contributed by atoms with Crippen LogP contribution in [0.1, 0.15) is 70.5 Å². The molecule has 1 saturated carbocycles. The van der Waals surface area contributed by atoms with Crippen LogP contribution >= 0.6 is 24.0 Å². The van der Waals surface area contributed by atoms with Gasteiger partial charge in [-0.1, -0.05) is 38.3 Å². The van der Waals surface area contributed by atoms with Gasteiger partial charge in [0.05, 0.1) is 19.8 Å². The number of ether oxygens (including phenoxy) is 1. The zero-order valence-corrected chi connectivity index (χ0v) is 21.1. The van der Waals surface area contributed by atoms with Crippen LogP contribution in [0.2, 0.25) is 0 Å². The van der Waals surface area contributed by atoms with Crippen LogP contribution in [0.4, 0.5) is 0 Å². The number of aliphatic imine (C=N–C) groups is 1. The van der Waals surface area contributed by atoms with Crippen molar-refractivity contribution in [2.75, 3.05) is 45.9 Å². The van der Waals surface area contributed by atoms with Gasteiger partial charge in [0.15, 0.2) is 11.8 Å². The van der Waals surface area contributed by atoms with Crippen molar-refractivity contribution in [3.05, 3.63) is 11.7 Å². The minimum atomic E-state index is 0. The zero-order valence-electron chi connectivity index (χ0n) is 18.8. The molecule has 3 rings (SSSR count). The number of nitrogens with zero attached hydrogens (tertiary/aromatic N) is 4. The van der Waals surface area contributed by atoms with Crippen molar-refractivity contribution in [1.82, 2.24) is 25.7 Å². The first-order valence-corrected chi connectivity index (χ1v) is 11.3. The van der Waals surface area contributed by atoms with E-state index in [1.807, 2.05) is 0 Å². The fourth-order valence-electron chi connectivity index (χ4n) is 4.28. The minimum Gasteiger partial charge on any atom is -0.379 e. The Labute approximate surface area is 198 Å². The first kappa shape index (κ1) is 25.3. The first-order valence-electron chi connectivity index (χ1n) is 11.3. The third-order valence-electron chi connectivity index (χ3n) is 5.97. The molecular formula is C21H39IN6O2. The van der Waals surface area contributed by atoms with Gasteiger partial charge < -0.3 is 19.9 Å². The monoisotopic (exact) mass is 534 g/mol. The van der Waals surface area contributed by atoms with Crippen LogP contribution in [0, 0.1) is 0 Å². The Morgan fingerprint density at radius 2 is 1.90 bits per heavy atom. The Balaban J connectivity index is 0.00000320. The standard InChI is InChI=1S/C21H38N6O2.HI/c1-4-22-20(23-11-8-18-25-19(17(2)3)26-29-18)24-16-21(9-6-5-7-10-21)27-12-14-28-15-13-27;/h17H,4-16H2,1-3H3,(H2,22,23,24);1H. The van der Waals surface area contributed by atoms with Gasteiger partial charge in [-0.2, -0.15) is 4.98 Å². The van der Waals surface area contributed by atoms with E-state index in [0.29, 0.717) is 12.3 Å². The summed E-state index contributed by atoms with van der Waals surface area (Å²) in [5.74, 6) is 2.60. The van der Waals surface area contributed by atoms with Gasteiger partial charge in [0.25, 0.3) is 0 Å². The number of hydrogen-bond acceptors (Lipinski definition) is 6. The van der Waals surface area contributed by atoms with E-state index >= 15 is 0 Å². The van der Waals surface area contributed by atoms with E-state index in [0.717, 1.165) is 57.7 Å². The Morgan fingerprint density at radius 1 is 1.17 bits per heavy atom. The van der Waals surface area contributed by atoms with E-state index in [4.69, 9.17) is 14.3 Å². The second-order valence-electron chi connectivity index (χ2n) is 8.46. The molecule has 2 aliphatic rings. The molecule has 30 heavy (non-hydrogen) atoms. The van der Waals surface area contributed by atoms with Crippen molar-refractivity contribution < 1.29 is 9.26 Å². The molecular weight excluding hydrogens is 495 g/mol. The van der Waals surface area contributed by atoms with E-state index in [1.165, 1.54) is 32.1 Å². The number of rotatable bonds is 8. The van der Waals surface area contributed by atoms with Crippen LogP contribution < -0.4 is 10.6 Å². The molecule has 2 fully saturated rings. The quantitative estimate of drug-likeness (QED) is 0.301. The van der Waals surface area contributed by atoms with Crippen molar-refractivity contribution in [2.45, 2.75) is 70.8 Å². The highest BCUT2D eigenvalue weighted by Crippen LogP contribution is 2.34. The average Bonchev–Trinajstić information content (AvgIpc) is 3.23. The van der Waals surface area contributed by atoms with Crippen molar-refractivity contribution in [1.29, 1.82) is 0 Å². The lowest BCUT2D eigenvalue weighted by atomic mass is 9.80. The molecule has 1 aliphatic heterocycles. The topological polar surface area (TPSA) is 87.8 Å². The molecule has 8 nitrogen and oxygen atoms in total. The summed E-state index contributed by atoms with van der Waals surface area (Å²) in [7, 11) is 0. The molecule has 0 aromatic carbocycles. The molecule has 1 aromatic rings. The Morgan fingerprint density at radius 3 is 2.53 bits per heavy atom. The summed E-state index contributed by atoms with van der Waals surface area (Å²) in [4.78, 5) is 12.1. The number of aromatic nitrogens is 2. The van der Waals surface area contributed by atoms with Crippen LogP contribution in [0.5, 0.6) is 0 Å². The summed E-state index contributed by atoms with van der Waals surface area (Å²) in [6.07, 6.45) is 7.10. The summed E-state index contributed by atoms with van der Waals surface area (Å²) in [5, 5.41) is 10.8. The predicted molar refractivity (Wildman–Crippen MR) is 130 cm³/mol. The van der Waals surface area contributed by atoms with Crippen molar-refractivity contribution in [3.63, 3.8) is 0 Å². The van der Waals surface area contributed by atoms with Crippen molar-refractivity contribution in [2.24, 2.45) is 4.99 Å². The number of guanidine groups is 1. The number of hydrogen-bond donors (Lipinski definition) is 2. The van der Waals surface area contributed by atoms with E-state index in [-0.39, 0.29) is 35.4 Å². The fraction of sp³-hybridized carbons (Fsp3) is 0.857. The highest BCUT2D eigenvalue weighted by molar-refractivity contribution is 14.0. The molecule has 172 valence electrons. The molecule has 2 heterocycles. The minimum absolute atomic E-state index is 0. The number of halogens is 1. The van der Waals surface area contributed by atoms with E-state index in [9.17, 15) is 0 Å². The Kier molecular flexibility index (Phi) is 10.8. The lowest BCUT2D eigenvalue weighted by molar-refractivity contribution is -0.0333. The molecule has 0 unspecified atom stereocenters. The maximum Gasteiger partial charge on any atom is 0.228 e. The van der Waals surface area contributed by atoms with Crippen LogP contribution in [0.15, 0.2) is 9.52 Å².